The third-order valence-electron chi connectivity index (χ3n) is 4.74. The van der Waals surface area contributed by atoms with Crippen LogP contribution in [0.3, 0.4) is 0 Å². The lowest BCUT2D eigenvalue weighted by molar-refractivity contribution is -0.119. The average molecular weight is 367 g/mol. The van der Waals surface area contributed by atoms with Crippen molar-refractivity contribution in [3.8, 4) is 0 Å². The van der Waals surface area contributed by atoms with Crippen LogP contribution < -0.4 is 5.32 Å². The zero-order valence-electron chi connectivity index (χ0n) is 15.3. The van der Waals surface area contributed by atoms with Crippen LogP contribution in [-0.2, 0) is 4.79 Å². The number of fused-ring (bicyclic) bond motifs is 1. The first-order chi connectivity index (χ1) is 13.0. The molecule has 0 aromatic carbocycles. The molecule has 1 aliphatic rings. The van der Waals surface area contributed by atoms with Crippen LogP contribution >= 0.6 is 0 Å². The highest BCUT2D eigenvalue weighted by atomic mass is 16.3. The van der Waals surface area contributed by atoms with Gasteiger partial charge >= 0.3 is 0 Å². The molecule has 0 aliphatic carbocycles. The number of hydrogen-bond acceptors (Lipinski definition) is 5. The van der Waals surface area contributed by atoms with Crippen LogP contribution in [-0.4, -0.2) is 44.1 Å². The third kappa shape index (κ3) is 3.18. The fourth-order valence-corrected chi connectivity index (χ4v) is 3.44. The van der Waals surface area contributed by atoms with E-state index in [1.807, 2.05) is 24.6 Å². The quantitative estimate of drug-likeness (QED) is 0.765. The van der Waals surface area contributed by atoms with Gasteiger partial charge in [0.25, 0.3) is 5.91 Å². The summed E-state index contributed by atoms with van der Waals surface area (Å²) in [5.74, 6) is -0.229. The second-order valence-corrected chi connectivity index (χ2v) is 6.94. The molecular weight excluding hydrogens is 346 g/mol. The van der Waals surface area contributed by atoms with Gasteiger partial charge in [0.15, 0.2) is 11.4 Å². The van der Waals surface area contributed by atoms with Crippen molar-refractivity contribution in [3.05, 3.63) is 42.6 Å². The van der Waals surface area contributed by atoms with Gasteiger partial charge in [0.2, 0.25) is 5.91 Å². The largest absolute Gasteiger partial charge is 0.459 e. The van der Waals surface area contributed by atoms with E-state index in [0.717, 1.165) is 17.5 Å². The molecule has 1 saturated heterocycles. The summed E-state index contributed by atoms with van der Waals surface area (Å²) < 4.78 is 7.02. The van der Waals surface area contributed by atoms with Gasteiger partial charge in [-0.25, -0.2) is 9.67 Å². The van der Waals surface area contributed by atoms with Gasteiger partial charge in [-0.1, -0.05) is 0 Å². The van der Waals surface area contributed by atoms with Crippen molar-refractivity contribution in [2.24, 2.45) is 0 Å². The number of nitrogens with one attached hydrogen (secondary N) is 1. The molecule has 140 valence electrons. The first kappa shape index (κ1) is 17.3. The monoisotopic (exact) mass is 367 g/mol. The van der Waals surface area contributed by atoms with E-state index >= 15 is 0 Å². The molecule has 1 fully saturated rings. The normalized spacial score (nSPS) is 17.0. The summed E-state index contributed by atoms with van der Waals surface area (Å²) in [5.41, 5.74) is 1.37. The fraction of sp³-hybridized carbons (Fsp3) is 0.368. The Morgan fingerprint density at radius 3 is 2.93 bits per heavy atom. The molecule has 4 heterocycles. The molecule has 1 N–H and O–H groups in total. The number of anilines is 1. The highest BCUT2D eigenvalue weighted by Crippen LogP contribution is 2.23. The minimum atomic E-state index is -0.517. The Morgan fingerprint density at radius 1 is 1.33 bits per heavy atom. The van der Waals surface area contributed by atoms with Crippen LogP contribution in [0.25, 0.3) is 11.0 Å². The van der Waals surface area contributed by atoms with Crippen molar-refractivity contribution in [1.82, 2.24) is 19.7 Å². The summed E-state index contributed by atoms with van der Waals surface area (Å²) in [6.07, 6.45) is 6.22. The number of carbonyl (C=O) groups excluding carboxylic acids is 2. The molecule has 4 rings (SSSR count). The van der Waals surface area contributed by atoms with E-state index < -0.39 is 6.04 Å². The lowest BCUT2D eigenvalue weighted by Gasteiger charge is -2.23. The summed E-state index contributed by atoms with van der Waals surface area (Å²) >= 11 is 0. The smallest absolute Gasteiger partial charge is 0.290 e. The predicted octanol–water partition coefficient (Wildman–Crippen LogP) is 2.85. The van der Waals surface area contributed by atoms with Gasteiger partial charge in [0.05, 0.1) is 24.3 Å². The van der Waals surface area contributed by atoms with Gasteiger partial charge in [-0.3, -0.25) is 9.59 Å². The number of hydrogen-bond donors (Lipinski definition) is 1. The molecule has 8 heteroatoms. The Hall–Kier alpha value is -3.16. The lowest BCUT2D eigenvalue weighted by atomic mass is 10.2. The van der Waals surface area contributed by atoms with Crippen LogP contribution in [0.15, 0.2) is 41.3 Å². The second kappa shape index (κ2) is 6.86. The van der Waals surface area contributed by atoms with Gasteiger partial charge in [-0.15, -0.1) is 0 Å². The SMILES string of the molecule is CC(C)n1ncc2cc(NC(=O)[C@H]3CCCN3C(=O)c3ccco3)cnc21. The lowest BCUT2D eigenvalue weighted by Crippen LogP contribution is -2.43. The molecule has 27 heavy (non-hydrogen) atoms. The Morgan fingerprint density at radius 2 is 2.19 bits per heavy atom. The number of carbonyl (C=O) groups is 2. The van der Waals surface area contributed by atoms with E-state index in [-0.39, 0.29) is 23.6 Å². The maximum Gasteiger partial charge on any atom is 0.290 e. The van der Waals surface area contributed by atoms with E-state index in [1.165, 1.54) is 6.26 Å². The van der Waals surface area contributed by atoms with Crippen LogP contribution in [0.1, 0.15) is 43.3 Å². The minimum Gasteiger partial charge on any atom is -0.459 e. The molecule has 1 aliphatic heterocycles. The third-order valence-corrected chi connectivity index (χ3v) is 4.74. The summed E-state index contributed by atoms with van der Waals surface area (Å²) in [4.78, 5) is 31.3. The van der Waals surface area contributed by atoms with Crippen molar-refractivity contribution in [2.45, 2.75) is 38.8 Å². The van der Waals surface area contributed by atoms with Crippen molar-refractivity contribution in [3.63, 3.8) is 0 Å². The standard InChI is InChI=1S/C19H21N5O3/c1-12(2)24-17-13(10-21-24)9-14(11-20-17)22-18(25)15-5-3-7-23(15)19(26)16-6-4-8-27-16/h4,6,8-12,15H,3,5,7H2,1-2H3,(H,22,25)/t15-/m1/s1. The number of rotatable bonds is 4. The molecule has 3 aromatic rings. The minimum absolute atomic E-state index is 0.204. The van der Waals surface area contributed by atoms with Crippen LogP contribution in [0, 0.1) is 0 Å². The summed E-state index contributed by atoms with van der Waals surface area (Å²) in [5, 5.41) is 8.07. The van der Waals surface area contributed by atoms with Crippen molar-refractivity contribution < 1.29 is 14.0 Å². The van der Waals surface area contributed by atoms with Crippen LogP contribution in [0.5, 0.6) is 0 Å². The molecule has 3 aromatic heterocycles. The van der Waals surface area contributed by atoms with Gasteiger partial charge in [0.1, 0.15) is 6.04 Å². The van der Waals surface area contributed by atoms with E-state index in [9.17, 15) is 9.59 Å². The van der Waals surface area contributed by atoms with E-state index in [2.05, 4.69) is 15.4 Å². The van der Waals surface area contributed by atoms with E-state index in [0.29, 0.717) is 18.7 Å². The number of likely N-dealkylation sites (tertiary alicyclic amines) is 1. The number of amides is 2. The van der Waals surface area contributed by atoms with Crippen molar-refractivity contribution in [1.29, 1.82) is 0 Å². The molecule has 8 nitrogen and oxygen atoms in total. The summed E-state index contributed by atoms with van der Waals surface area (Å²) in [6, 6.07) is 4.81. The zero-order chi connectivity index (χ0) is 19.0. The van der Waals surface area contributed by atoms with Gasteiger partial charge in [-0.05, 0) is 44.9 Å². The molecule has 1 atom stereocenters. The van der Waals surface area contributed by atoms with Gasteiger partial charge < -0.3 is 14.6 Å². The maximum absolute atomic E-state index is 12.8. The average Bonchev–Trinajstić information content (AvgIpc) is 3.39. The Kier molecular flexibility index (Phi) is 4.39. The highest BCUT2D eigenvalue weighted by molar-refractivity contribution is 6.01. The van der Waals surface area contributed by atoms with Gasteiger partial charge in [0, 0.05) is 18.0 Å². The van der Waals surface area contributed by atoms with Gasteiger partial charge in [-0.2, -0.15) is 5.10 Å². The number of aromatic nitrogens is 3. The highest BCUT2D eigenvalue weighted by Gasteiger charge is 2.35. The van der Waals surface area contributed by atoms with Crippen LogP contribution in [0.2, 0.25) is 0 Å². The molecular formula is C19H21N5O3. The number of furan rings is 1. The Balaban J connectivity index is 1.51. The summed E-state index contributed by atoms with van der Waals surface area (Å²) in [6.45, 7) is 4.61. The van der Waals surface area contributed by atoms with E-state index in [1.54, 1.807) is 29.4 Å². The fourth-order valence-electron chi connectivity index (χ4n) is 3.44. The topological polar surface area (TPSA) is 93.3 Å². The maximum atomic E-state index is 12.8. The van der Waals surface area contributed by atoms with Crippen molar-refractivity contribution in [2.75, 3.05) is 11.9 Å². The molecule has 0 bridgehead atoms. The molecule has 0 saturated carbocycles. The first-order valence-electron chi connectivity index (χ1n) is 9.03. The number of pyridine rings is 1. The molecule has 0 radical (unpaired) electrons. The molecule has 0 unspecified atom stereocenters. The zero-order valence-corrected chi connectivity index (χ0v) is 15.3. The number of nitrogens with zero attached hydrogens (tertiary/aromatic N) is 4. The molecule has 0 spiro atoms. The second-order valence-electron chi connectivity index (χ2n) is 6.94. The molecule has 2 amide bonds. The van der Waals surface area contributed by atoms with Crippen LogP contribution in [0.4, 0.5) is 5.69 Å². The Labute approximate surface area is 156 Å². The predicted molar refractivity (Wildman–Crippen MR) is 99.3 cm³/mol. The Bertz CT molecular complexity index is 977. The van der Waals surface area contributed by atoms with Crippen molar-refractivity contribution >= 4 is 28.5 Å². The first-order valence-corrected chi connectivity index (χ1v) is 9.03. The van der Waals surface area contributed by atoms with E-state index in [4.69, 9.17) is 4.42 Å². The summed E-state index contributed by atoms with van der Waals surface area (Å²) in [7, 11) is 0.